The number of aromatic nitrogens is 5. The fraction of sp³-hybridized carbons (Fsp3) is 0.439. The highest BCUT2D eigenvalue weighted by atomic mass is 16.5. The van der Waals surface area contributed by atoms with Crippen LogP contribution >= 0.6 is 0 Å². The molecule has 4 aromatic heterocycles. The van der Waals surface area contributed by atoms with Gasteiger partial charge in [-0.3, -0.25) is 28.9 Å². The van der Waals surface area contributed by atoms with Crippen LogP contribution in [-0.4, -0.2) is 99.2 Å². The minimum absolute atomic E-state index is 0.0871. The molecule has 0 unspecified atom stereocenters. The van der Waals surface area contributed by atoms with E-state index in [0.29, 0.717) is 17.5 Å². The molecule has 2 fully saturated rings. The molecule has 55 heavy (non-hydrogen) atoms. The van der Waals surface area contributed by atoms with E-state index >= 15 is 0 Å². The van der Waals surface area contributed by atoms with Gasteiger partial charge in [-0.05, 0) is 67.3 Å². The Bertz CT molecular complexity index is 2340. The lowest BCUT2D eigenvalue weighted by Gasteiger charge is -2.37. The summed E-state index contributed by atoms with van der Waals surface area (Å²) in [4.78, 5) is 60.6. The minimum Gasteiger partial charge on any atom is -0.496 e. The molecular formula is C41H49N7O7. The highest BCUT2D eigenvalue weighted by molar-refractivity contribution is 5.95. The van der Waals surface area contributed by atoms with Crippen molar-refractivity contribution < 1.29 is 14.2 Å². The van der Waals surface area contributed by atoms with Crippen LogP contribution in [0.5, 0.6) is 11.5 Å². The number of fused-ring (bicyclic) bond motifs is 1. The third kappa shape index (κ3) is 8.66. The molecule has 5 aromatic rings. The van der Waals surface area contributed by atoms with Crippen LogP contribution in [0, 0.1) is 0 Å². The first-order chi connectivity index (χ1) is 26.7. The summed E-state index contributed by atoms with van der Waals surface area (Å²) in [5.41, 5.74) is 2.12. The fourth-order valence-corrected chi connectivity index (χ4v) is 7.89. The van der Waals surface area contributed by atoms with Crippen LogP contribution < -0.4 is 31.8 Å². The number of aryl methyl sites for hydroxylation is 1. The van der Waals surface area contributed by atoms with Crippen LogP contribution in [0.15, 0.2) is 86.6 Å². The van der Waals surface area contributed by atoms with Crippen molar-refractivity contribution in [2.45, 2.75) is 57.4 Å². The largest absolute Gasteiger partial charge is 0.496 e. The van der Waals surface area contributed by atoms with Crippen molar-refractivity contribution in [2.24, 2.45) is 7.05 Å². The van der Waals surface area contributed by atoms with E-state index in [1.807, 2.05) is 30.5 Å². The van der Waals surface area contributed by atoms with E-state index in [1.165, 1.54) is 16.8 Å². The number of ether oxygens (including phenoxy) is 3. The monoisotopic (exact) mass is 751 g/mol. The molecule has 0 radical (unpaired) electrons. The lowest BCUT2D eigenvalue weighted by molar-refractivity contribution is -0.0650. The summed E-state index contributed by atoms with van der Waals surface area (Å²) in [7, 11) is 5.12. The molecule has 14 nitrogen and oxygen atoms in total. The van der Waals surface area contributed by atoms with Gasteiger partial charge in [0.05, 0.1) is 38.4 Å². The summed E-state index contributed by atoms with van der Waals surface area (Å²) in [5.74, 6) is 1.52. The maximum Gasteiger partial charge on any atom is 0.328 e. The molecule has 0 aliphatic carbocycles. The van der Waals surface area contributed by atoms with E-state index in [2.05, 4.69) is 19.8 Å². The molecule has 0 amide bonds. The Kier molecular flexibility index (Phi) is 11.7. The molecule has 2 aliphatic rings. The van der Waals surface area contributed by atoms with E-state index < -0.39 is 11.2 Å². The molecule has 1 aromatic carbocycles. The normalized spacial score (nSPS) is 16.1. The number of rotatable bonds is 13. The molecule has 1 N–H and O–H groups in total. The third-order valence-corrected chi connectivity index (χ3v) is 11.0. The molecule has 2 aliphatic heterocycles. The summed E-state index contributed by atoms with van der Waals surface area (Å²) in [6.45, 7) is 6.07. The second-order valence-electron chi connectivity index (χ2n) is 14.5. The zero-order valence-electron chi connectivity index (χ0n) is 31.7. The van der Waals surface area contributed by atoms with Gasteiger partial charge >= 0.3 is 5.69 Å². The molecule has 14 heteroatoms. The summed E-state index contributed by atoms with van der Waals surface area (Å²) in [5, 5.41) is 1.41. The smallest absolute Gasteiger partial charge is 0.328 e. The van der Waals surface area contributed by atoms with Crippen LogP contribution in [0.2, 0.25) is 0 Å². The highest BCUT2D eigenvalue weighted by Gasteiger charge is 2.26. The third-order valence-electron chi connectivity index (χ3n) is 11.0. The summed E-state index contributed by atoms with van der Waals surface area (Å²) < 4.78 is 23.0. The number of nitrogens with one attached hydrogen (secondary N) is 1. The molecule has 0 bridgehead atoms. The standard InChI is InChI=1S/C41H49N7O7/c1-44-27-35(32-6-13-42-25-34(32)40(44)51)29-23-36(53-2)33(37(24-29)54-3)11-19-45-15-7-30(8-16-45)55-31-9-17-46(18-10-31)21-22-47-14-4-5-28(39(47)50)26-48-20-12-38(49)43-41(48)52/h4-6,12-14,20,23-25,27,30-31H,7-11,15-19,21-22,26H2,1-3H3,(H,43,49,52). The number of aromatic amines is 1. The number of nitrogens with zero attached hydrogens (tertiary/aromatic N) is 6. The van der Waals surface area contributed by atoms with E-state index in [9.17, 15) is 19.2 Å². The number of pyridine rings is 3. The van der Waals surface area contributed by atoms with Gasteiger partial charge in [-0.1, -0.05) is 6.07 Å². The molecule has 290 valence electrons. The van der Waals surface area contributed by atoms with Crippen molar-refractivity contribution in [1.29, 1.82) is 0 Å². The highest BCUT2D eigenvalue weighted by Crippen LogP contribution is 2.37. The average molecular weight is 752 g/mol. The number of benzene rings is 1. The van der Waals surface area contributed by atoms with E-state index in [4.69, 9.17) is 14.2 Å². The lowest BCUT2D eigenvalue weighted by Crippen LogP contribution is -2.43. The summed E-state index contributed by atoms with van der Waals surface area (Å²) in [6.07, 6.45) is 13.5. The number of H-pyrrole nitrogens is 1. The van der Waals surface area contributed by atoms with Gasteiger partial charge in [0.2, 0.25) is 0 Å². The molecule has 0 saturated carbocycles. The van der Waals surface area contributed by atoms with E-state index in [0.717, 1.165) is 105 Å². The quantitative estimate of drug-likeness (QED) is 0.191. The molecule has 6 heterocycles. The average Bonchev–Trinajstić information content (AvgIpc) is 3.20. The Morgan fingerprint density at radius 2 is 1.45 bits per heavy atom. The fourth-order valence-electron chi connectivity index (χ4n) is 7.89. The van der Waals surface area contributed by atoms with Gasteiger partial charge in [0.25, 0.3) is 16.7 Å². The molecular weight excluding hydrogens is 702 g/mol. The Labute approximate surface area is 318 Å². The Morgan fingerprint density at radius 1 is 0.782 bits per heavy atom. The minimum atomic E-state index is -0.536. The second kappa shape index (κ2) is 17.0. The SMILES string of the molecule is COc1cc(-c2cn(C)c(=O)c3cnccc23)cc(OC)c1CCN1CCC(OC2CCN(CCn3cccc(Cn4ccc(=O)[nH]c4=O)c3=O)CC2)CC1. The van der Waals surface area contributed by atoms with Gasteiger partial charge in [0.1, 0.15) is 11.5 Å². The first kappa shape index (κ1) is 38.0. The van der Waals surface area contributed by atoms with Crippen LogP contribution in [0.25, 0.3) is 21.9 Å². The number of hydrogen-bond donors (Lipinski definition) is 1. The van der Waals surface area contributed by atoms with Crippen molar-refractivity contribution in [3.8, 4) is 22.6 Å². The van der Waals surface area contributed by atoms with Crippen molar-refractivity contribution in [3.63, 3.8) is 0 Å². The molecule has 0 spiro atoms. The Hall–Kier alpha value is -5.31. The summed E-state index contributed by atoms with van der Waals surface area (Å²) in [6, 6.07) is 10.7. The van der Waals surface area contributed by atoms with Gasteiger partial charge < -0.3 is 33.1 Å². The number of hydrogen-bond acceptors (Lipinski definition) is 10. The molecule has 0 atom stereocenters. The predicted octanol–water partition coefficient (Wildman–Crippen LogP) is 2.87. The number of piperidine rings is 2. The second-order valence-corrected chi connectivity index (χ2v) is 14.5. The first-order valence-electron chi connectivity index (χ1n) is 19.0. The van der Waals surface area contributed by atoms with Crippen molar-refractivity contribution in [3.05, 3.63) is 120 Å². The zero-order valence-corrected chi connectivity index (χ0v) is 31.7. The number of methoxy groups -OCH3 is 2. The van der Waals surface area contributed by atoms with Crippen LogP contribution in [-0.2, 0) is 31.3 Å². The maximum absolute atomic E-state index is 13.1. The van der Waals surface area contributed by atoms with E-state index in [1.54, 1.807) is 55.1 Å². The van der Waals surface area contributed by atoms with Gasteiger partial charge in [-0.25, -0.2) is 4.79 Å². The van der Waals surface area contributed by atoms with E-state index in [-0.39, 0.29) is 29.9 Å². The van der Waals surface area contributed by atoms with Gasteiger partial charge in [0, 0.05) is 107 Å². The topological polar surface area (TPSA) is 146 Å². The van der Waals surface area contributed by atoms with Gasteiger partial charge in [0.15, 0.2) is 0 Å². The maximum atomic E-state index is 13.1. The molecule has 2 saturated heterocycles. The lowest BCUT2D eigenvalue weighted by atomic mass is 9.97. The van der Waals surface area contributed by atoms with Crippen molar-refractivity contribution in [1.82, 2.24) is 33.5 Å². The van der Waals surface area contributed by atoms with Gasteiger partial charge in [-0.2, -0.15) is 0 Å². The van der Waals surface area contributed by atoms with Crippen LogP contribution in [0.1, 0.15) is 36.8 Å². The van der Waals surface area contributed by atoms with Crippen molar-refractivity contribution >= 4 is 10.8 Å². The van der Waals surface area contributed by atoms with Crippen molar-refractivity contribution in [2.75, 3.05) is 53.5 Å². The molecule has 7 rings (SSSR count). The van der Waals surface area contributed by atoms with Gasteiger partial charge in [-0.15, -0.1) is 0 Å². The predicted molar refractivity (Wildman–Crippen MR) is 210 cm³/mol. The summed E-state index contributed by atoms with van der Waals surface area (Å²) >= 11 is 0. The number of likely N-dealkylation sites (tertiary alicyclic amines) is 2. The Balaban J connectivity index is 0.875. The van der Waals surface area contributed by atoms with Crippen LogP contribution in [0.4, 0.5) is 0 Å². The van der Waals surface area contributed by atoms with Crippen LogP contribution in [0.3, 0.4) is 0 Å². The Morgan fingerprint density at radius 3 is 2.11 bits per heavy atom. The zero-order chi connectivity index (χ0) is 38.5. The first-order valence-corrected chi connectivity index (χ1v) is 19.0.